The Morgan fingerprint density at radius 1 is 0.951 bits per heavy atom. The second-order valence-corrected chi connectivity index (χ2v) is 10.4. The average Bonchev–Trinajstić information content (AvgIpc) is 3.80. The fourth-order valence-electron chi connectivity index (χ4n) is 5.18. The lowest BCUT2D eigenvalue weighted by molar-refractivity contribution is -0.142. The van der Waals surface area contributed by atoms with Crippen LogP contribution in [0.4, 0.5) is 4.39 Å². The van der Waals surface area contributed by atoms with Crippen LogP contribution in [0.3, 0.4) is 0 Å². The van der Waals surface area contributed by atoms with E-state index in [-0.39, 0.29) is 54.5 Å². The second-order valence-electron chi connectivity index (χ2n) is 10.4. The predicted molar refractivity (Wildman–Crippen MR) is 154 cm³/mol. The van der Waals surface area contributed by atoms with E-state index in [9.17, 15) is 18.8 Å². The first-order valence-electron chi connectivity index (χ1n) is 13.8. The van der Waals surface area contributed by atoms with Crippen molar-refractivity contribution in [1.29, 1.82) is 0 Å². The molecule has 4 aromatic rings. The van der Waals surface area contributed by atoms with Crippen LogP contribution >= 0.6 is 0 Å². The zero-order valence-electron chi connectivity index (χ0n) is 23.0. The molecule has 1 aliphatic rings. The van der Waals surface area contributed by atoms with Crippen LogP contribution in [0, 0.1) is 11.7 Å². The second kappa shape index (κ2) is 12.9. The molecule has 212 valence electrons. The summed E-state index contributed by atoms with van der Waals surface area (Å²) in [6.07, 6.45) is 2.71. The van der Waals surface area contributed by atoms with Crippen LogP contribution in [-0.2, 0) is 27.4 Å². The molecule has 2 amide bonds. The van der Waals surface area contributed by atoms with Gasteiger partial charge in [-0.05, 0) is 54.2 Å². The summed E-state index contributed by atoms with van der Waals surface area (Å²) in [6, 6.07) is 22.7. The SMILES string of the molecule is COCCCN(CC(=O)N(Cc1ccc(F)cc1)Cc1coc2ccccc2c1=O)C(=O)C1CC1c1ccccc1. The van der Waals surface area contributed by atoms with E-state index in [2.05, 4.69) is 0 Å². The summed E-state index contributed by atoms with van der Waals surface area (Å²) in [5, 5.41) is 0.427. The first-order valence-corrected chi connectivity index (χ1v) is 13.8. The molecule has 8 heteroatoms. The lowest BCUT2D eigenvalue weighted by Crippen LogP contribution is -2.44. The standard InChI is InChI=1S/C33H33FN2O5/c1-40-17-7-16-35(33(39)29-18-28(29)24-8-3-2-4-9-24)21-31(37)36(19-23-12-14-26(34)15-13-23)20-25-22-41-30-11-6-5-10-27(30)32(25)38/h2-6,8-15,22,28-29H,7,16-21H2,1H3. The van der Waals surface area contributed by atoms with E-state index >= 15 is 0 Å². The smallest absolute Gasteiger partial charge is 0.242 e. The lowest BCUT2D eigenvalue weighted by Gasteiger charge is -2.28. The third-order valence-corrected chi connectivity index (χ3v) is 7.50. The maximum absolute atomic E-state index is 13.8. The molecular formula is C33H33FN2O5. The molecule has 0 radical (unpaired) electrons. The number of halogens is 1. The quantitative estimate of drug-likeness (QED) is 0.226. The Morgan fingerprint density at radius 2 is 1.68 bits per heavy atom. The summed E-state index contributed by atoms with van der Waals surface area (Å²) in [5.41, 5.74) is 2.39. The summed E-state index contributed by atoms with van der Waals surface area (Å²) in [4.78, 5) is 43.8. The number of rotatable bonds is 12. The molecule has 2 atom stereocenters. The molecule has 5 rings (SSSR count). The molecule has 41 heavy (non-hydrogen) atoms. The molecule has 1 aromatic heterocycles. The van der Waals surface area contributed by atoms with E-state index in [4.69, 9.17) is 9.15 Å². The fourth-order valence-corrected chi connectivity index (χ4v) is 5.18. The maximum atomic E-state index is 13.8. The van der Waals surface area contributed by atoms with E-state index in [1.54, 1.807) is 48.4 Å². The number of ether oxygens (including phenoxy) is 1. The molecule has 0 spiro atoms. The van der Waals surface area contributed by atoms with Gasteiger partial charge in [0.25, 0.3) is 0 Å². The number of para-hydroxylation sites is 1. The minimum absolute atomic E-state index is 0.0143. The van der Waals surface area contributed by atoms with Crippen LogP contribution in [0.5, 0.6) is 0 Å². The van der Waals surface area contributed by atoms with Crippen molar-refractivity contribution in [2.75, 3.05) is 26.8 Å². The molecular weight excluding hydrogens is 523 g/mol. The van der Waals surface area contributed by atoms with Crippen molar-refractivity contribution in [3.63, 3.8) is 0 Å². The predicted octanol–water partition coefficient (Wildman–Crippen LogP) is 5.13. The first-order chi connectivity index (χ1) is 19.9. The molecule has 0 aliphatic heterocycles. The monoisotopic (exact) mass is 556 g/mol. The zero-order chi connectivity index (χ0) is 28.8. The van der Waals surface area contributed by atoms with E-state index in [1.165, 1.54) is 23.3 Å². The number of hydrogen-bond acceptors (Lipinski definition) is 5. The van der Waals surface area contributed by atoms with Gasteiger partial charge in [-0.2, -0.15) is 0 Å². The van der Waals surface area contributed by atoms with Crippen LogP contribution < -0.4 is 5.43 Å². The van der Waals surface area contributed by atoms with Gasteiger partial charge in [-0.3, -0.25) is 14.4 Å². The van der Waals surface area contributed by atoms with Crippen molar-refractivity contribution >= 4 is 22.8 Å². The van der Waals surface area contributed by atoms with Crippen LogP contribution in [0.25, 0.3) is 11.0 Å². The molecule has 0 bridgehead atoms. The topological polar surface area (TPSA) is 80.1 Å². The van der Waals surface area contributed by atoms with Gasteiger partial charge in [0.2, 0.25) is 11.8 Å². The van der Waals surface area contributed by atoms with Gasteiger partial charge in [0.15, 0.2) is 5.43 Å². The van der Waals surface area contributed by atoms with E-state index in [1.807, 2.05) is 30.3 Å². The number of methoxy groups -OCH3 is 1. The largest absolute Gasteiger partial charge is 0.464 e. The van der Waals surface area contributed by atoms with Crippen molar-refractivity contribution < 1.29 is 23.1 Å². The molecule has 0 N–H and O–H groups in total. The molecule has 7 nitrogen and oxygen atoms in total. The Kier molecular flexibility index (Phi) is 8.89. The van der Waals surface area contributed by atoms with Crippen molar-refractivity contribution in [1.82, 2.24) is 9.80 Å². The number of carbonyl (C=O) groups is 2. The van der Waals surface area contributed by atoms with Crippen molar-refractivity contribution in [3.8, 4) is 0 Å². The number of carbonyl (C=O) groups excluding carboxylic acids is 2. The molecule has 0 saturated heterocycles. The maximum Gasteiger partial charge on any atom is 0.242 e. The highest BCUT2D eigenvalue weighted by molar-refractivity contribution is 5.88. The number of fused-ring (bicyclic) bond motifs is 1. The van der Waals surface area contributed by atoms with Crippen LogP contribution in [0.15, 0.2) is 94.3 Å². The molecule has 1 aliphatic carbocycles. The normalized spacial score (nSPS) is 16.0. The average molecular weight is 557 g/mol. The summed E-state index contributed by atoms with van der Waals surface area (Å²) in [6.45, 7) is 0.822. The van der Waals surface area contributed by atoms with Crippen LogP contribution in [0.1, 0.15) is 35.4 Å². The van der Waals surface area contributed by atoms with Crippen molar-refractivity contribution in [3.05, 3.63) is 118 Å². The number of nitrogens with zero attached hydrogens (tertiary/aromatic N) is 2. The summed E-state index contributed by atoms with van der Waals surface area (Å²) >= 11 is 0. The molecule has 1 saturated carbocycles. The molecule has 1 heterocycles. The van der Waals surface area contributed by atoms with E-state index < -0.39 is 0 Å². The molecule has 2 unspecified atom stereocenters. The Hall–Kier alpha value is -4.30. The fraction of sp³-hybridized carbons (Fsp3) is 0.303. The van der Waals surface area contributed by atoms with E-state index in [0.29, 0.717) is 41.7 Å². The minimum atomic E-state index is -0.380. The van der Waals surface area contributed by atoms with Crippen LogP contribution in [-0.4, -0.2) is 48.4 Å². The third-order valence-electron chi connectivity index (χ3n) is 7.50. The molecule has 1 fully saturated rings. The van der Waals surface area contributed by atoms with Gasteiger partial charge in [0.05, 0.1) is 30.3 Å². The van der Waals surface area contributed by atoms with Gasteiger partial charge in [-0.25, -0.2) is 4.39 Å². The van der Waals surface area contributed by atoms with Crippen molar-refractivity contribution in [2.45, 2.75) is 31.8 Å². The highest BCUT2D eigenvalue weighted by Gasteiger charge is 2.46. The van der Waals surface area contributed by atoms with Gasteiger partial charge in [-0.1, -0.05) is 54.6 Å². The summed E-state index contributed by atoms with van der Waals surface area (Å²) < 4.78 is 24.5. The Labute approximate surface area is 238 Å². The zero-order valence-corrected chi connectivity index (χ0v) is 23.0. The number of benzene rings is 3. The lowest BCUT2D eigenvalue weighted by atomic mass is 10.1. The van der Waals surface area contributed by atoms with Crippen LogP contribution in [0.2, 0.25) is 0 Å². The Morgan fingerprint density at radius 3 is 2.44 bits per heavy atom. The van der Waals surface area contributed by atoms with Gasteiger partial charge >= 0.3 is 0 Å². The van der Waals surface area contributed by atoms with Gasteiger partial charge in [0, 0.05) is 32.7 Å². The van der Waals surface area contributed by atoms with Crippen molar-refractivity contribution in [2.24, 2.45) is 5.92 Å². The number of amides is 2. The Bertz CT molecular complexity index is 1550. The number of hydrogen-bond donors (Lipinski definition) is 0. The highest BCUT2D eigenvalue weighted by atomic mass is 19.1. The van der Waals surface area contributed by atoms with Gasteiger partial charge in [0.1, 0.15) is 11.4 Å². The van der Waals surface area contributed by atoms with E-state index in [0.717, 1.165) is 12.0 Å². The summed E-state index contributed by atoms with van der Waals surface area (Å²) in [5.74, 6) is -0.791. The summed E-state index contributed by atoms with van der Waals surface area (Å²) in [7, 11) is 1.60. The molecule has 3 aromatic carbocycles. The third kappa shape index (κ3) is 6.89. The van der Waals surface area contributed by atoms with Gasteiger partial charge in [-0.15, -0.1) is 0 Å². The minimum Gasteiger partial charge on any atom is -0.464 e. The highest BCUT2D eigenvalue weighted by Crippen LogP contribution is 2.48. The Balaban J connectivity index is 1.38. The first kappa shape index (κ1) is 28.2. The van der Waals surface area contributed by atoms with Gasteiger partial charge < -0.3 is 19.0 Å².